The van der Waals surface area contributed by atoms with Crippen molar-refractivity contribution in [3.05, 3.63) is 35.4 Å². The Morgan fingerprint density at radius 1 is 1.24 bits per heavy atom. The van der Waals surface area contributed by atoms with E-state index < -0.39 is 0 Å². The molecule has 3 rings (SSSR count). The third-order valence-electron chi connectivity index (χ3n) is 5.30. The fraction of sp³-hybridized carbons (Fsp3) is 0.600. The van der Waals surface area contributed by atoms with Gasteiger partial charge in [0, 0.05) is 25.7 Å². The number of benzene rings is 1. The number of carbonyl (C=O) groups is 2. The summed E-state index contributed by atoms with van der Waals surface area (Å²) in [5.41, 5.74) is 2.95. The molecular formula is C20H30N2O3. The number of amides is 1. The van der Waals surface area contributed by atoms with E-state index in [-0.39, 0.29) is 12.4 Å². The average molecular weight is 346 g/mol. The van der Waals surface area contributed by atoms with E-state index in [4.69, 9.17) is 9.90 Å². The van der Waals surface area contributed by atoms with Gasteiger partial charge in [0.2, 0.25) is 5.91 Å². The van der Waals surface area contributed by atoms with Crippen LogP contribution < -0.4 is 0 Å². The van der Waals surface area contributed by atoms with Gasteiger partial charge in [-0.25, -0.2) is 0 Å². The minimum atomic E-state index is -0.250. The van der Waals surface area contributed by atoms with Crippen LogP contribution in [0.15, 0.2) is 24.3 Å². The van der Waals surface area contributed by atoms with E-state index in [1.165, 1.54) is 30.4 Å². The molecule has 1 atom stereocenters. The third-order valence-corrected chi connectivity index (χ3v) is 5.30. The normalized spacial score (nSPS) is 23.1. The van der Waals surface area contributed by atoms with Gasteiger partial charge in [-0.05, 0) is 37.2 Å². The molecule has 5 nitrogen and oxygen atoms in total. The highest BCUT2D eigenvalue weighted by Crippen LogP contribution is 2.39. The predicted molar refractivity (Wildman–Crippen MR) is 98.3 cm³/mol. The van der Waals surface area contributed by atoms with Crippen LogP contribution in [0.5, 0.6) is 0 Å². The molecule has 0 spiro atoms. The highest BCUT2D eigenvalue weighted by Gasteiger charge is 2.37. The number of rotatable bonds is 3. The van der Waals surface area contributed by atoms with E-state index in [0.717, 1.165) is 19.6 Å². The van der Waals surface area contributed by atoms with Gasteiger partial charge in [0.15, 0.2) is 0 Å². The Morgan fingerprint density at radius 2 is 1.88 bits per heavy atom. The summed E-state index contributed by atoms with van der Waals surface area (Å²) in [5.74, 6) is 0.288. The first-order chi connectivity index (χ1) is 11.8. The molecule has 0 radical (unpaired) electrons. The molecule has 1 aliphatic carbocycles. The van der Waals surface area contributed by atoms with Crippen LogP contribution in [0, 0.1) is 12.3 Å². The van der Waals surface area contributed by atoms with Crippen LogP contribution >= 0.6 is 0 Å². The smallest absolute Gasteiger partial charge is 0.290 e. The molecule has 1 saturated heterocycles. The van der Waals surface area contributed by atoms with Crippen LogP contribution in [0.1, 0.15) is 44.2 Å². The van der Waals surface area contributed by atoms with Crippen LogP contribution in [0.2, 0.25) is 0 Å². The molecule has 1 aromatic rings. The summed E-state index contributed by atoms with van der Waals surface area (Å²) in [6, 6.07) is 9.12. The van der Waals surface area contributed by atoms with Gasteiger partial charge in [-0.15, -0.1) is 0 Å². The number of piperazine rings is 1. The van der Waals surface area contributed by atoms with Crippen LogP contribution in [-0.4, -0.2) is 53.0 Å². The highest BCUT2D eigenvalue weighted by molar-refractivity contribution is 5.79. The summed E-state index contributed by atoms with van der Waals surface area (Å²) >= 11 is 0. The molecule has 2 aliphatic rings. The number of aryl methyl sites for hydroxylation is 1. The Labute approximate surface area is 150 Å². The van der Waals surface area contributed by atoms with Crippen molar-refractivity contribution >= 4 is 12.4 Å². The summed E-state index contributed by atoms with van der Waals surface area (Å²) < 4.78 is 0. The predicted octanol–water partition coefficient (Wildman–Crippen LogP) is 2.92. The second-order valence-electron chi connectivity index (χ2n) is 7.94. The van der Waals surface area contributed by atoms with Gasteiger partial charge < -0.3 is 10.0 Å². The second kappa shape index (κ2) is 8.48. The van der Waals surface area contributed by atoms with Crippen molar-refractivity contribution in [2.45, 2.75) is 52.6 Å². The third kappa shape index (κ3) is 5.56. The molecule has 25 heavy (non-hydrogen) atoms. The van der Waals surface area contributed by atoms with Crippen molar-refractivity contribution in [1.29, 1.82) is 0 Å². The monoisotopic (exact) mass is 346 g/mol. The van der Waals surface area contributed by atoms with Crippen molar-refractivity contribution in [2.24, 2.45) is 5.41 Å². The molecule has 2 fully saturated rings. The lowest BCUT2D eigenvalue weighted by molar-refractivity contribution is -0.137. The van der Waals surface area contributed by atoms with Crippen molar-refractivity contribution in [3.63, 3.8) is 0 Å². The first kappa shape index (κ1) is 19.4. The summed E-state index contributed by atoms with van der Waals surface area (Å²) in [6.45, 7) is 9.79. The number of carboxylic acid groups (broad SMARTS) is 1. The zero-order valence-corrected chi connectivity index (χ0v) is 15.6. The maximum atomic E-state index is 12.5. The molecule has 1 heterocycles. The van der Waals surface area contributed by atoms with E-state index in [1.807, 2.05) is 4.90 Å². The van der Waals surface area contributed by atoms with E-state index in [1.54, 1.807) is 0 Å². The lowest BCUT2D eigenvalue weighted by atomic mass is 9.91. The molecule has 1 saturated carbocycles. The number of hydrogen-bond acceptors (Lipinski definition) is 3. The molecule has 1 unspecified atom stereocenters. The molecule has 1 aliphatic heterocycles. The molecule has 0 bridgehead atoms. The Balaban J connectivity index is 0.000000701. The quantitative estimate of drug-likeness (QED) is 0.855. The fourth-order valence-electron chi connectivity index (χ4n) is 3.83. The van der Waals surface area contributed by atoms with E-state index >= 15 is 0 Å². The Bertz CT molecular complexity index is 583. The lowest BCUT2D eigenvalue weighted by Crippen LogP contribution is -2.52. The number of hydrogen-bond donors (Lipinski definition) is 1. The van der Waals surface area contributed by atoms with Gasteiger partial charge in [0.1, 0.15) is 0 Å². The van der Waals surface area contributed by atoms with Crippen LogP contribution in [0.25, 0.3) is 0 Å². The Morgan fingerprint density at radius 3 is 2.40 bits per heavy atom. The molecule has 0 aromatic heterocycles. The van der Waals surface area contributed by atoms with E-state index in [9.17, 15) is 4.79 Å². The summed E-state index contributed by atoms with van der Waals surface area (Å²) in [7, 11) is 0. The minimum absolute atomic E-state index is 0.250. The number of nitrogens with zero attached hydrogens (tertiary/aromatic N) is 2. The number of carbonyl (C=O) groups excluding carboxylic acids is 1. The van der Waals surface area contributed by atoms with Gasteiger partial charge >= 0.3 is 0 Å². The summed E-state index contributed by atoms with van der Waals surface area (Å²) in [4.78, 5) is 25.3. The molecule has 138 valence electrons. The lowest BCUT2D eigenvalue weighted by Gasteiger charge is -2.38. The molecule has 5 heteroatoms. The SMILES string of the molecule is Cc1ccc(CN2CCN(C3CCC(C)(C)C3)CC2=O)cc1.O=CO. The largest absolute Gasteiger partial charge is 0.483 e. The van der Waals surface area contributed by atoms with Crippen LogP contribution in [-0.2, 0) is 16.1 Å². The Hall–Kier alpha value is -1.88. The van der Waals surface area contributed by atoms with E-state index in [0.29, 0.717) is 18.0 Å². The van der Waals surface area contributed by atoms with Crippen LogP contribution in [0.4, 0.5) is 0 Å². The van der Waals surface area contributed by atoms with Gasteiger partial charge in [0.05, 0.1) is 6.54 Å². The first-order valence-corrected chi connectivity index (χ1v) is 9.00. The minimum Gasteiger partial charge on any atom is -0.483 e. The summed E-state index contributed by atoms with van der Waals surface area (Å²) in [6.07, 6.45) is 3.77. The first-order valence-electron chi connectivity index (χ1n) is 9.00. The maximum absolute atomic E-state index is 12.5. The van der Waals surface area contributed by atoms with E-state index in [2.05, 4.69) is 49.9 Å². The molecule has 1 aromatic carbocycles. The van der Waals surface area contributed by atoms with Crippen molar-refractivity contribution in [2.75, 3.05) is 19.6 Å². The average Bonchev–Trinajstić information content (AvgIpc) is 2.92. The zero-order valence-electron chi connectivity index (χ0n) is 15.6. The summed E-state index contributed by atoms with van der Waals surface area (Å²) in [5, 5.41) is 6.89. The van der Waals surface area contributed by atoms with Gasteiger partial charge in [-0.1, -0.05) is 43.7 Å². The molecule has 1 amide bonds. The fourth-order valence-corrected chi connectivity index (χ4v) is 3.83. The van der Waals surface area contributed by atoms with Crippen LogP contribution in [0.3, 0.4) is 0 Å². The van der Waals surface area contributed by atoms with Gasteiger partial charge in [0.25, 0.3) is 6.47 Å². The Kier molecular flexibility index (Phi) is 6.59. The standard InChI is InChI=1S/C19H28N2O.CH2O2/c1-15-4-6-16(7-5-15)13-21-11-10-20(14-18(21)22)17-8-9-19(2,3)12-17;2-1-3/h4-7,17H,8-14H2,1-3H3;1H,(H,2,3). The second-order valence-corrected chi connectivity index (χ2v) is 7.94. The topological polar surface area (TPSA) is 60.9 Å². The van der Waals surface area contributed by atoms with Gasteiger partial charge in [-0.3, -0.25) is 14.5 Å². The maximum Gasteiger partial charge on any atom is 0.290 e. The molecule has 1 N–H and O–H groups in total. The van der Waals surface area contributed by atoms with Gasteiger partial charge in [-0.2, -0.15) is 0 Å². The highest BCUT2D eigenvalue weighted by atomic mass is 16.3. The zero-order chi connectivity index (χ0) is 18.4. The van der Waals surface area contributed by atoms with Crippen molar-refractivity contribution in [1.82, 2.24) is 9.80 Å². The van der Waals surface area contributed by atoms with Crippen molar-refractivity contribution < 1.29 is 14.7 Å². The molecular weight excluding hydrogens is 316 g/mol. The van der Waals surface area contributed by atoms with Crippen molar-refractivity contribution in [3.8, 4) is 0 Å².